The Morgan fingerprint density at radius 2 is 1.92 bits per heavy atom. The number of anilines is 1. The Balaban J connectivity index is 1.62. The minimum Gasteiger partial charge on any atom is -0.508 e. The van der Waals surface area contributed by atoms with E-state index >= 15 is 0 Å². The molecule has 0 aliphatic carbocycles. The van der Waals surface area contributed by atoms with Crippen LogP contribution in [-0.2, 0) is 4.74 Å². The molecular weight excluding hydrogens is 325 g/mol. The van der Waals surface area contributed by atoms with Gasteiger partial charge in [0.15, 0.2) is 0 Å². The van der Waals surface area contributed by atoms with Crippen molar-refractivity contribution in [2.45, 2.75) is 0 Å². The van der Waals surface area contributed by atoms with Gasteiger partial charge in [-0.3, -0.25) is 4.79 Å². The van der Waals surface area contributed by atoms with Crippen molar-refractivity contribution in [3.63, 3.8) is 0 Å². The number of ether oxygens (including phenoxy) is 1. The van der Waals surface area contributed by atoms with Gasteiger partial charge in [0.25, 0.3) is 5.91 Å². The van der Waals surface area contributed by atoms with Gasteiger partial charge in [0.2, 0.25) is 0 Å². The molecule has 25 heavy (non-hydrogen) atoms. The molecule has 1 fully saturated rings. The number of halogens is 1. The number of rotatable bonds is 4. The molecule has 1 amide bonds. The fraction of sp³-hybridized carbons (Fsp3) is 0.222. The molecule has 1 heterocycles. The molecule has 2 aromatic carbocycles. The van der Waals surface area contributed by atoms with E-state index in [0.717, 1.165) is 0 Å². The molecule has 0 aromatic heterocycles. The van der Waals surface area contributed by atoms with Crippen LogP contribution < -0.4 is 10.3 Å². The molecule has 0 bridgehead atoms. The number of hydrogen-bond acceptors (Lipinski definition) is 5. The molecule has 0 saturated carbocycles. The Kier molecular flexibility index (Phi) is 5.25. The van der Waals surface area contributed by atoms with E-state index in [1.807, 2.05) is 4.90 Å². The van der Waals surface area contributed by atoms with E-state index < -0.39 is 5.91 Å². The van der Waals surface area contributed by atoms with Crippen molar-refractivity contribution in [1.82, 2.24) is 5.43 Å². The maximum atomic E-state index is 14.3. The number of nitrogens with one attached hydrogen (secondary N) is 1. The first-order valence-corrected chi connectivity index (χ1v) is 7.88. The summed E-state index contributed by atoms with van der Waals surface area (Å²) >= 11 is 0. The van der Waals surface area contributed by atoms with Crippen molar-refractivity contribution in [1.29, 1.82) is 0 Å². The summed E-state index contributed by atoms with van der Waals surface area (Å²) < 4.78 is 19.5. The van der Waals surface area contributed by atoms with Crippen LogP contribution in [0.25, 0.3) is 0 Å². The number of hydrazone groups is 1. The lowest BCUT2D eigenvalue weighted by Gasteiger charge is -2.29. The van der Waals surface area contributed by atoms with Gasteiger partial charge in [-0.25, -0.2) is 9.82 Å². The number of carbonyl (C=O) groups is 1. The van der Waals surface area contributed by atoms with Gasteiger partial charge in [-0.1, -0.05) is 6.07 Å². The molecule has 2 aromatic rings. The van der Waals surface area contributed by atoms with Gasteiger partial charge in [0.1, 0.15) is 11.6 Å². The second kappa shape index (κ2) is 7.76. The number of amides is 1. The van der Waals surface area contributed by atoms with E-state index in [4.69, 9.17) is 4.74 Å². The minimum absolute atomic E-state index is 0.0795. The topological polar surface area (TPSA) is 74.2 Å². The first kappa shape index (κ1) is 16.9. The summed E-state index contributed by atoms with van der Waals surface area (Å²) in [6.07, 6.45) is 1.38. The van der Waals surface area contributed by atoms with E-state index in [-0.39, 0.29) is 11.6 Å². The summed E-state index contributed by atoms with van der Waals surface area (Å²) in [7, 11) is 0. The maximum Gasteiger partial charge on any atom is 0.271 e. The van der Waals surface area contributed by atoms with Gasteiger partial charge in [-0.15, -0.1) is 0 Å². The van der Waals surface area contributed by atoms with Crippen LogP contribution in [0.15, 0.2) is 47.6 Å². The fourth-order valence-electron chi connectivity index (χ4n) is 2.51. The van der Waals surface area contributed by atoms with Gasteiger partial charge in [0, 0.05) is 18.7 Å². The number of aromatic hydroxyl groups is 1. The fourth-order valence-corrected chi connectivity index (χ4v) is 2.51. The van der Waals surface area contributed by atoms with E-state index in [1.165, 1.54) is 36.5 Å². The monoisotopic (exact) mass is 343 g/mol. The Labute approximate surface area is 144 Å². The lowest BCUT2D eigenvalue weighted by Crippen LogP contribution is -2.36. The molecular formula is C18H18FN3O3. The number of nitrogens with zero attached hydrogens (tertiary/aromatic N) is 2. The third-order valence-corrected chi connectivity index (χ3v) is 3.83. The van der Waals surface area contributed by atoms with Crippen molar-refractivity contribution in [2.75, 3.05) is 31.2 Å². The average Bonchev–Trinajstić information content (AvgIpc) is 2.63. The number of benzene rings is 2. The molecule has 130 valence electrons. The molecule has 3 rings (SSSR count). The van der Waals surface area contributed by atoms with Gasteiger partial charge in [-0.2, -0.15) is 5.10 Å². The second-order valence-electron chi connectivity index (χ2n) is 5.56. The Morgan fingerprint density at radius 3 is 2.60 bits per heavy atom. The molecule has 6 nitrogen and oxygen atoms in total. The second-order valence-corrected chi connectivity index (χ2v) is 5.56. The minimum atomic E-state index is -0.415. The Hall–Kier alpha value is -2.93. The summed E-state index contributed by atoms with van der Waals surface area (Å²) in [6, 6.07) is 10.6. The first-order valence-electron chi connectivity index (χ1n) is 7.88. The predicted molar refractivity (Wildman–Crippen MR) is 92.6 cm³/mol. The Morgan fingerprint density at radius 1 is 1.20 bits per heavy atom. The number of hydrogen-bond donors (Lipinski definition) is 2. The molecule has 1 saturated heterocycles. The van der Waals surface area contributed by atoms with Crippen molar-refractivity contribution in [3.8, 4) is 5.75 Å². The largest absolute Gasteiger partial charge is 0.508 e. The summed E-state index contributed by atoms with van der Waals surface area (Å²) in [5, 5.41) is 13.0. The number of morpholine rings is 1. The van der Waals surface area contributed by atoms with Crippen LogP contribution in [-0.4, -0.2) is 43.5 Å². The summed E-state index contributed by atoms with van der Waals surface area (Å²) in [5.41, 5.74) is 3.81. The molecule has 0 radical (unpaired) electrons. The molecule has 0 spiro atoms. The third kappa shape index (κ3) is 4.33. The van der Waals surface area contributed by atoms with Gasteiger partial charge >= 0.3 is 0 Å². The number of phenols is 1. The maximum absolute atomic E-state index is 14.3. The van der Waals surface area contributed by atoms with E-state index in [0.29, 0.717) is 43.1 Å². The van der Waals surface area contributed by atoms with Gasteiger partial charge < -0.3 is 14.7 Å². The third-order valence-electron chi connectivity index (χ3n) is 3.83. The quantitative estimate of drug-likeness (QED) is 0.659. The summed E-state index contributed by atoms with van der Waals surface area (Å²) in [5.74, 6) is -0.673. The molecule has 0 unspecified atom stereocenters. The van der Waals surface area contributed by atoms with E-state index in [1.54, 1.807) is 12.1 Å². The SMILES string of the molecule is O=C(N/N=C\c1ccc(N2CCOCC2)c(F)c1)c1ccc(O)cc1. The highest BCUT2D eigenvalue weighted by atomic mass is 19.1. The van der Waals surface area contributed by atoms with E-state index in [2.05, 4.69) is 10.5 Å². The zero-order valence-electron chi connectivity index (χ0n) is 13.5. The summed E-state index contributed by atoms with van der Waals surface area (Å²) in [6.45, 7) is 2.50. The van der Waals surface area contributed by atoms with Crippen molar-refractivity contribution in [2.24, 2.45) is 5.10 Å². The van der Waals surface area contributed by atoms with Crippen molar-refractivity contribution in [3.05, 3.63) is 59.4 Å². The van der Waals surface area contributed by atoms with Crippen molar-refractivity contribution < 1.29 is 19.0 Å². The lowest BCUT2D eigenvalue weighted by atomic mass is 10.2. The average molecular weight is 343 g/mol. The number of phenolic OH excluding ortho intramolecular Hbond substituents is 1. The lowest BCUT2D eigenvalue weighted by molar-refractivity contribution is 0.0955. The molecule has 0 atom stereocenters. The first-order chi connectivity index (χ1) is 12.1. The van der Waals surface area contributed by atoms with Crippen LogP contribution >= 0.6 is 0 Å². The zero-order valence-corrected chi connectivity index (χ0v) is 13.5. The van der Waals surface area contributed by atoms with E-state index in [9.17, 15) is 14.3 Å². The molecule has 1 aliphatic heterocycles. The molecule has 7 heteroatoms. The van der Waals surface area contributed by atoms with Crippen LogP contribution in [0, 0.1) is 5.82 Å². The predicted octanol–water partition coefficient (Wildman–Crippen LogP) is 2.13. The molecule has 2 N–H and O–H groups in total. The van der Waals surface area contributed by atoms with Gasteiger partial charge in [-0.05, 0) is 42.0 Å². The highest BCUT2D eigenvalue weighted by Gasteiger charge is 2.15. The van der Waals surface area contributed by atoms with Crippen LogP contribution in [0.1, 0.15) is 15.9 Å². The standard InChI is InChI=1S/C18H18FN3O3/c19-16-11-13(1-6-17(16)22-7-9-25-10-8-22)12-20-21-18(24)14-2-4-15(23)5-3-14/h1-6,11-12,23H,7-10H2,(H,21,24)/b20-12-. The molecule has 1 aliphatic rings. The van der Waals surface area contributed by atoms with Gasteiger partial charge in [0.05, 0.1) is 25.1 Å². The smallest absolute Gasteiger partial charge is 0.271 e. The Bertz CT molecular complexity index is 772. The number of carbonyl (C=O) groups excluding carboxylic acids is 1. The van der Waals surface area contributed by atoms with Crippen LogP contribution in [0.5, 0.6) is 5.75 Å². The van der Waals surface area contributed by atoms with Crippen LogP contribution in [0.3, 0.4) is 0 Å². The highest BCUT2D eigenvalue weighted by molar-refractivity contribution is 5.95. The normalized spacial score (nSPS) is 14.7. The van der Waals surface area contributed by atoms with Crippen LogP contribution in [0.4, 0.5) is 10.1 Å². The van der Waals surface area contributed by atoms with Crippen LogP contribution in [0.2, 0.25) is 0 Å². The zero-order chi connectivity index (χ0) is 17.6. The highest BCUT2D eigenvalue weighted by Crippen LogP contribution is 2.21. The summed E-state index contributed by atoms with van der Waals surface area (Å²) in [4.78, 5) is 13.8. The van der Waals surface area contributed by atoms with Crippen molar-refractivity contribution >= 4 is 17.8 Å².